The smallest absolute Gasteiger partial charge is 0.240 e. The van der Waals surface area contributed by atoms with Crippen molar-refractivity contribution in [2.24, 2.45) is 7.05 Å². The minimum Gasteiger partial charge on any atom is -0.354 e. The first-order chi connectivity index (χ1) is 9.18. The van der Waals surface area contributed by atoms with Crippen LogP contribution in [0.1, 0.15) is 38.4 Å². The van der Waals surface area contributed by atoms with Gasteiger partial charge in [0.15, 0.2) is 0 Å². The quantitative estimate of drug-likeness (QED) is 0.806. The Balaban J connectivity index is 1.84. The largest absolute Gasteiger partial charge is 0.354 e. The van der Waals surface area contributed by atoms with E-state index >= 15 is 0 Å². The second-order valence-electron chi connectivity index (χ2n) is 5.32. The molecule has 5 nitrogen and oxygen atoms in total. The zero-order valence-electron chi connectivity index (χ0n) is 11.9. The summed E-state index contributed by atoms with van der Waals surface area (Å²) in [6.07, 6.45) is 8.48. The summed E-state index contributed by atoms with van der Waals surface area (Å²) in [5, 5.41) is 6.45. The van der Waals surface area contributed by atoms with Crippen LogP contribution in [0.3, 0.4) is 0 Å². The normalized spacial score (nSPS) is 22.6. The number of hydrogen-bond donors (Lipinski definition) is 2. The van der Waals surface area contributed by atoms with Gasteiger partial charge >= 0.3 is 0 Å². The van der Waals surface area contributed by atoms with Crippen LogP contribution >= 0.6 is 0 Å². The number of hydrogen-bond acceptors (Lipinski definition) is 3. The van der Waals surface area contributed by atoms with E-state index in [0.29, 0.717) is 6.54 Å². The Morgan fingerprint density at radius 3 is 3.05 bits per heavy atom. The molecule has 0 bridgehead atoms. The van der Waals surface area contributed by atoms with Crippen molar-refractivity contribution in [3.63, 3.8) is 0 Å². The highest BCUT2D eigenvalue weighted by Crippen LogP contribution is 2.24. The molecule has 0 saturated carbocycles. The fourth-order valence-corrected chi connectivity index (χ4v) is 2.85. The molecule has 1 amide bonds. The number of nitrogens with zero attached hydrogens (tertiary/aromatic N) is 2. The first-order valence-corrected chi connectivity index (χ1v) is 7.17. The van der Waals surface area contributed by atoms with E-state index in [2.05, 4.69) is 22.5 Å². The van der Waals surface area contributed by atoms with Gasteiger partial charge in [0.05, 0.1) is 5.54 Å². The highest BCUT2D eigenvalue weighted by atomic mass is 16.2. The summed E-state index contributed by atoms with van der Waals surface area (Å²) >= 11 is 0. The number of aryl methyl sites for hydroxylation is 1. The Bertz CT molecular complexity index is 421. The van der Waals surface area contributed by atoms with Crippen molar-refractivity contribution in [2.75, 3.05) is 13.1 Å². The summed E-state index contributed by atoms with van der Waals surface area (Å²) in [4.78, 5) is 16.6. The van der Waals surface area contributed by atoms with Crippen molar-refractivity contribution in [3.8, 4) is 0 Å². The van der Waals surface area contributed by atoms with Crippen LogP contribution in [-0.4, -0.2) is 34.1 Å². The molecule has 1 fully saturated rings. The van der Waals surface area contributed by atoms with Crippen LogP contribution in [-0.2, 0) is 18.3 Å². The highest BCUT2D eigenvalue weighted by Gasteiger charge is 2.39. The third-order valence-corrected chi connectivity index (χ3v) is 3.91. The van der Waals surface area contributed by atoms with Crippen molar-refractivity contribution >= 4 is 5.91 Å². The summed E-state index contributed by atoms with van der Waals surface area (Å²) < 4.78 is 1.99. The maximum atomic E-state index is 12.4. The van der Waals surface area contributed by atoms with Crippen LogP contribution in [0.25, 0.3) is 0 Å². The topological polar surface area (TPSA) is 59.0 Å². The van der Waals surface area contributed by atoms with E-state index in [0.717, 1.165) is 44.5 Å². The second-order valence-corrected chi connectivity index (χ2v) is 5.32. The number of carbonyl (C=O) groups excluding carboxylic acids is 1. The van der Waals surface area contributed by atoms with E-state index in [-0.39, 0.29) is 11.4 Å². The Morgan fingerprint density at radius 1 is 1.63 bits per heavy atom. The molecular weight excluding hydrogens is 240 g/mol. The molecule has 5 heteroatoms. The summed E-state index contributed by atoms with van der Waals surface area (Å²) in [7, 11) is 1.97. The third-order valence-electron chi connectivity index (χ3n) is 3.91. The minimum atomic E-state index is -0.323. The summed E-state index contributed by atoms with van der Waals surface area (Å²) in [6.45, 7) is 3.73. The van der Waals surface area contributed by atoms with Crippen LogP contribution in [0.4, 0.5) is 0 Å². The van der Waals surface area contributed by atoms with Crippen molar-refractivity contribution < 1.29 is 4.79 Å². The maximum absolute atomic E-state index is 12.4. The van der Waals surface area contributed by atoms with Gasteiger partial charge in [0.1, 0.15) is 5.82 Å². The van der Waals surface area contributed by atoms with Crippen LogP contribution in [0.2, 0.25) is 0 Å². The third kappa shape index (κ3) is 3.15. The van der Waals surface area contributed by atoms with E-state index in [1.807, 2.05) is 17.8 Å². The second kappa shape index (κ2) is 6.19. The summed E-state index contributed by atoms with van der Waals surface area (Å²) in [5.74, 6) is 1.16. The average Bonchev–Trinajstić information content (AvgIpc) is 3.01. The molecule has 1 unspecified atom stereocenters. The summed E-state index contributed by atoms with van der Waals surface area (Å²) in [6, 6.07) is 0. The summed E-state index contributed by atoms with van der Waals surface area (Å²) in [5.41, 5.74) is -0.323. The molecule has 2 rings (SSSR count). The van der Waals surface area contributed by atoms with Gasteiger partial charge in [0, 0.05) is 32.4 Å². The van der Waals surface area contributed by atoms with Crippen molar-refractivity contribution in [1.82, 2.24) is 20.2 Å². The molecule has 1 aliphatic rings. The number of aromatic nitrogens is 2. The lowest BCUT2D eigenvalue weighted by molar-refractivity contribution is -0.127. The molecule has 106 valence electrons. The number of rotatable bonds is 6. The molecule has 1 atom stereocenters. The molecule has 19 heavy (non-hydrogen) atoms. The van der Waals surface area contributed by atoms with E-state index in [9.17, 15) is 4.79 Å². The Morgan fingerprint density at radius 2 is 2.47 bits per heavy atom. The molecule has 0 aliphatic carbocycles. The fraction of sp³-hybridized carbons (Fsp3) is 0.714. The van der Waals surface area contributed by atoms with Gasteiger partial charge in [-0.25, -0.2) is 4.98 Å². The van der Waals surface area contributed by atoms with Gasteiger partial charge < -0.3 is 15.2 Å². The molecule has 0 spiro atoms. The lowest BCUT2D eigenvalue weighted by Gasteiger charge is -2.27. The predicted molar refractivity (Wildman–Crippen MR) is 74.8 cm³/mol. The van der Waals surface area contributed by atoms with E-state index in [1.54, 1.807) is 6.20 Å². The zero-order valence-corrected chi connectivity index (χ0v) is 11.9. The minimum absolute atomic E-state index is 0.154. The Hall–Kier alpha value is -1.36. The van der Waals surface area contributed by atoms with Crippen LogP contribution in [0.15, 0.2) is 12.4 Å². The van der Waals surface area contributed by atoms with Gasteiger partial charge in [-0.05, 0) is 25.8 Å². The van der Waals surface area contributed by atoms with E-state index < -0.39 is 0 Å². The van der Waals surface area contributed by atoms with Gasteiger partial charge in [-0.3, -0.25) is 4.79 Å². The molecule has 1 aromatic heterocycles. The molecule has 2 heterocycles. The molecule has 1 saturated heterocycles. The Labute approximate surface area is 114 Å². The molecule has 1 aromatic rings. The SMILES string of the molecule is CCCC1(C(=O)NCCc2nccn2C)CCCN1. The number of carbonyl (C=O) groups is 1. The molecule has 2 N–H and O–H groups in total. The van der Waals surface area contributed by atoms with E-state index in [1.165, 1.54) is 0 Å². The first kappa shape index (κ1) is 14.1. The van der Waals surface area contributed by atoms with Gasteiger partial charge in [0.25, 0.3) is 0 Å². The monoisotopic (exact) mass is 264 g/mol. The molecule has 0 aromatic carbocycles. The lowest BCUT2D eigenvalue weighted by Crippen LogP contribution is -2.53. The number of nitrogens with one attached hydrogen (secondary N) is 2. The molecule has 0 radical (unpaired) electrons. The first-order valence-electron chi connectivity index (χ1n) is 7.17. The fourth-order valence-electron chi connectivity index (χ4n) is 2.85. The average molecular weight is 264 g/mol. The van der Waals surface area contributed by atoms with Crippen LogP contribution in [0, 0.1) is 0 Å². The van der Waals surface area contributed by atoms with Crippen molar-refractivity contribution in [2.45, 2.75) is 44.6 Å². The number of amides is 1. The highest BCUT2D eigenvalue weighted by molar-refractivity contribution is 5.86. The van der Waals surface area contributed by atoms with Crippen LogP contribution in [0.5, 0.6) is 0 Å². The zero-order chi connectivity index (χ0) is 13.7. The van der Waals surface area contributed by atoms with E-state index in [4.69, 9.17) is 0 Å². The van der Waals surface area contributed by atoms with Gasteiger partial charge in [0.2, 0.25) is 5.91 Å². The molecule has 1 aliphatic heterocycles. The lowest BCUT2D eigenvalue weighted by atomic mass is 9.91. The predicted octanol–water partition coefficient (Wildman–Crippen LogP) is 1.00. The molecular formula is C14H24N4O. The van der Waals surface area contributed by atoms with Crippen molar-refractivity contribution in [1.29, 1.82) is 0 Å². The van der Waals surface area contributed by atoms with Crippen molar-refractivity contribution in [3.05, 3.63) is 18.2 Å². The maximum Gasteiger partial charge on any atom is 0.240 e. The number of imidazole rings is 1. The Kier molecular flexibility index (Phi) is 4.58. The van der Waals surface area contributed by atoms with Gasteiger partial charge in [-0.15, -0.1) is 0 Å². The van der Waals surface area contributed by atoms with Gasteiger partial charge in [-0.1, -0.05) is 13.3 Å². The standard InChI is InChI=1S/C14H24N4O/c1-3-6-14(7-4-8-17-14)13(19)16-9-5-12-15-10-11-18(12)2/h10-11,17H,3-9H2,1-2H3,(H,16,19). The van der Waals surface area contributed by atoms with Gasteiger partial charge in [-0.2, -0.15) is 0 Å². The van der Waals surface area contributed by atoms with Crippen LogP contribution < -0.4 is 10.6 Å².